The summed E-state index contributed by atoms with van der Waals surface area (Å²) in [5.74, 6) is -1.33. The Morgan fingerprint density at radius 1 is 0.692 bits per heavy atom. The molecular weight excluding hydrogens is 338 g/mol. The second-order valence-corrected chi connectivity index (χ2v) is 6.98. The van der Waals surface area contributed by atoms with Crippen molar-refractivity contribution >= 4 is 11.8 Å². The largest absolute Gasteiger partial charge is 0.273 e. The number of rotatable bonds is 4. The van der Waals surface area contributed by atoms with Gasteiger partial charge in [-0.1, -0.05) is 24.3 Å². The molecule has 2 aliphatic rings. The summed E-state index contributed by atoms with van der Waals surface area (Å²) in [6.07, 6.45) is 1.38. The number of carbonyl (C=O) groups is 2. The van der Waals surface area contributed by atoms with E-state index in [1.165, 1.54) is 24.3 Å². The molecule has 0 radical (unpaired) electrons. The minimum Gasteiger partial charge on any atom is -0.273 e. The van der Waals surface area contributed by atoms with Crippen molar-refractivity contribution in [1.82, 2.24) is 10.9 Å². The molecule has 0 heterocycles. The predicted octanol–water partition coefficient (Wildman–Crippen LogP) is 3.02. The van der Waals surface area contributed by atoms with Crippen LogP contribution in [-0.2, 0) is 9.59 Å². The van der Waals surface area contributed by atoms with E-state index in [0.717, 1.165) is 11.1 Å². The first-order valence-electron chi connectivity index (χ1n) is 8.63. The number of carbonyl (C=O) groups excluding carboxylic acids is 2. The van der Waals surface area contributed by atoms with E-state index in [-0.39, 0.29) is 47.1 Å². The van der Waals surface area contributed by atoms with Crippen molar-refractivity contribution in [1.29, 1.82) is 0 Å². The first-order valence-corrected chi connectivity index (χ1v) is 8.63. The molecule has 2 aromatic carbocycles. The fraction of sp³-hybridized carbons (Fsp3) is 0.300. The molecule has 4 rings (SSSR count). The van der Waals surface area contributed by atoms with Crippen LogP contribution in [0.5, 0.6) is 0 Å². The topological polar surface area (TPSA) is 58.2 Å². The fourth-order valence-electron chi connectivity index (χ4n) is 3.43. The molecule has 2 fully saturated rings. The van der Waals surface area contributed by atoms with Crippen LogP contribution in [-0.4, -0.2) is 11.8 Å². The number of hydrogen-bond donors (Lipinski definition) is 2. The highest BCUT2D eigenvalue weighted by Gasteiger charge is 2.46. The third-order valence-corrected chi connectivity index (χ3v) is 5.16. The summed E-state index contributed by atoms with van der Waals surface area (Å²) >= 11 is 0. The summed E-state index contributed by atoms with van der Waals surface area (Å²) in [6.45, 7) is 0. The quantitative estimate of drug-likeness (QED) is 0.828. The first kappa shape index (κ1) is 16.7. The van der Waals surface area contributed by atoms with Crippen LogP contribution >= 0.6 is 0 Å². The summed E-state index contributed by atoms with van der Waals surface area (Å²) < 4.78 is 25.9. The number of hydrazine groups is 1. The molecule has 2 amide bonds. The van der Waals surface area contributed by atoms with Crippen LogP contribution < -0.4 is 10.9 Å². The zero-order chi connectivity index (χ0) is 18.3. The highest BCUT2D eigenvalue weighted by Crippen LogP contribution is 2.48. The van der Waals surface area contributed by atoms with E-state index in [4.69, 9.17) is 0 Å². The molecule has 0 unspecified atom stereocenters. The van der Waals surface area contributed by atoms with Crippen LogP contribution in [0.15, 0.2) is 48.5 Å². The molecule has 0 spiro atoms. The smallest absolute Gasteiger partial charge is 0.242 e. The number of nitrogens with one attached hydrogen (secondary N) is 2. The number of hydrogen-bond acceptors (Lipinski definition) is 2. The number of benzene rings is 2. The van der Waals surface area contributed by atoms with Gasteiger partial charge in [0.25, 0.3) is 0 Å². The monoisotopic (exact) mass is 356 g/mol. The van der Waals surface area contributed by atoms with Crippen LogP contribution in [0.1, 0.15) is 35.8 Å². The molecule has 0 aromatic heterocycles. The van der Waals surface area contributed by atoms with E-state index < -0.39 is 0 Å². The van der Waals surface area contributed by atoms with Crippen LogP contribution in [0.2, 0.25) is 0 Å². The number of halogens is 2. The predicted molar refractivity (Wildman–Crippen MR) is 90.8 cm³/mol. The Balaban J connectivity index is 1.25. The van der Waals surface area contributed by atoms with Gasteiger partial charge in [0.2, 0.25) is 11.8 Å². The van der Waals surface area contributed by atoms with Crippen LogP contribution in [0.4, 0.5) is 8.78 Å². The molecule has 2 N–H and O–H groups in total. The van der Waals surface area contributed by atoms with Crippen molar-refractivity contribution in [2.45, 2.75) is 24.7 Å². The maximum atomic E-state index is 12.9. The average Bonchev–Trinajstić information content (AvgIpc) is 3.53. The van der Waals surface area contributed by atoms with Gasteiger partial charge in [0, 0.05) is 11.8 Å². The summed E-state index contributed by atoms with van der Waals surface area (Å²) in [7, 11) is 0. The molecule has 0 saturated heterocycles. The lowest BCUT2D eigenvalue weighted by atomic mass is 10.1. The second kappa shape index (κ2) is 6.52. The molecule has 4 atom stereocenters. The van der Waals surface area contributed by atoms with Gasteiger partial charge in [-0.15, -0.1) is 0 Å². The lowest BCUT2D eigenvalue weighted by Gasteiger charge is -2.07. The molecular formula is C20H18F2N2O2. The SMILES string of the molecule is O=C(NNC(=O)[C@@H]1C[C@@H]1c1ccc(F)cc1)[C@H]1C[C@H]1c1ccc(F)cc1. The number of amides is 2. The lowest BCUT2D eigenvalue weighted by Crippen LogP contribution is -2.43. The van der Waals surface area contributed by atoms with Gasteiger partial charge in [-0.05, 0) is 60.1 Å². The third-order valence-electron chi connectivity index (χ3n) is 5.16. The van der Waals surface area contributed by atoms with Crippen molar-refractivity contribution in [3.8, 4) is 0 Å². The first-order chi connectivity index (χ1) is 12.5. The van der Waals surface area contributed by atoms with E-state index in [2.05, 4.69) is 10.9 Å². The Morgan fingerprint density at radius 2 is 1.04 bits per heavy atom. The second-order valence-electron chi connectivity index (χ2n) is 6.98. The van der Waals surface area contributed by atoms with Gasteiger partial charge >= 0.3 is 0 Å². The van der Waals surface area contributed by atoms with Crippen molar-refractivity contribution < 1.29 is 18.4 Å². The van der Waals surface area contributed by atoms with Crippen molar-refractivity contribution in [2.24, 2.45) is 11.8 Å². The summed E-state index contributed by atoms with van der Waals surface area (Å²) in [4.78, 5) is 24.3. The zero-order valence-electron chi connectivity index (χ0n) is 13.9. The zero-order valence-corrected chi connectivity index (χ0v) is 13.9. The molecule has 0 bridgehead atoms. The highest BCUT2D eigenvalue weighted by atomic mass is 19.1. The molecule has 2 aliphatic carbocycles. The molecule has 0 aliphatic heterocycles. The van der Waals surface area contributed by atoms with Gasteiger partial charge in [0.15, 0.2) is 0 Å². The van der Waals surface area contributed by atoms with E-state index in [9.17, 15) is 18.4 Å². The Morgan fingerprint density at radius 3 is 1.38 bits per heavy atom. The Bertz CT molecular complexity index is 764. The third kappa shape index (κ3) is 3.45. The molecule has 134 valence electrons. The highest BCUT2D eigenvalue weighted by molar-refractivity contribution is 5.88. The van der Waals surface area contributed by atoms with E-state index >= 15 is 0 Å². The van der Waals surface area contributed by atoms with Crippen LogP contribution in [0.25, 0.3) is 0 Å². The maximum absolute atomic E-state index is 12.9. The molecule has 2 saturated carbocycles. The van der Waals surface area contributed by atoms with Gasteiger partial charge in [0.1, 0.15) is 11.6 Å². The normalized spacial score (nSPS) is 26.1. The van der Waals surface area contributed by atoms with E-state index in [0.29, 0.717) is 12.8 Å². The lowest BCUT2D eigenvalue weighted by molar-refractivity contribution is -0.130. The van der Waals surface area contributed by atoms with E-state index in [1.54, 1.807) is 24.3 Å². The summed E-state index contributed by atoms with van der Waals surface area (Å²) in [5, 5.41) is 0. The molecule has 6 heteroatoms. The minimum atomic E-state index is -0.303. The molecule has 2 aromatic rings. The van der Waals surface area contributed by atoms with Crippen molar-refractivity contribution in [3.63, 3.8) is 0 Å². The van der Waals surface area contributed by atoms with Gasteiger partial charge in [-0.2, -0.15) is 0 Å². The Labute approximate surface area is 149 Å². The Kier molecular flexibility index (Phi) is 4.18. The minimum absolute atomic E-state index is 0.0698. The van der Waals surface area contributed by atoms with Crippen LogP contribution in [0, 0.1) is 23.5 Å². The Hall–Kier alpha value is -2.76. The van der Waals surface area contributed by atoms with Crippen molar-refractivity contribution in [3.05, 3.63) is 71.3 Å². The van der Waals surface area contributed by atoms with Gasteiger partial charge < -0.3 is 0 Å². The van der Waals surface area contributed by atoms with Gasteiger partial charge in [0.05, 0.1) is 0 Å². The molecule has 4 nitrogen and oxygen atoms in total. The van der Waals surface area contributed by atoms with Gasteiger partial charge in [-0.3, -0.25) is 20.4 Å². The van der Waals surface area contributed by atoms with Crippen LogP contribution in [0.3, 0.4) is 0 Å². The average molecular weight is 356 g/mol. The summed E-state index contributed by atoms with van der Waals surface area (Å²) in [5.41, 5.74) is 6.83. The maximum Gasteiger partial charge on any atom is 0.242 e. The van der Waals surface area contributed by atoms with Gasteiger partial charge in [-0.25, -0.2) is 8.78 Å². The summed E-state index contributed by atoms with van der Waals surface area (Å²) in [6, 6.07) is 12.3. The fourth-order valence-corrected chi connectivity index (χ4v) is 3.43. The molecule has 26 heavy (non-hydrogen) atoms. The van der Waals surface area contributed by atoms with Crippen molar-refractivity contribution in [2.75, 3.05) is 0 Å². The standard InChI is InChI=1S/C20H18F2N2O2/c21-13-5-1-11(2-6-13)15-9-17(15)19(25)23-24-20(26)18-10-16(18)12-3-7-14(22)8-4-12/h1-8,15-18H,9-10H2,(H,23,25)(H,24,26)/t15-,16+,17-,18+. The van der Waals surface area contributed by atoms with E-state index in [1.807, 2.05) is 0 Å².